The fourth-order valence-corrected chi connectivity index (χ4v) is 9.76. The van der Waals surface area contributed by atoms with Crippen molar-refractivity contribution in [3.8, 4) is 0 Å². The summed E-state index contributed by atoms with van der Waals surface area (Å²) in [5.74, 6) is -3.47. The SMILES string of the molecule is C=C[C@@H]1C[C@@]12NC(=O)[C@@H]1C[C@@H](OC(=O)N3Cc4cccc(F)c4C3)CN1C(=O)[C@@H](NC(=O)OC1CCCC1)CCN(C)CCCCNc1ccccc1S(=O)(=O)NC2=O. The highest BCUT2D eigenvalue weighted by Crippen LogP contribution is 2.45. The van der Waals surface area contributed by atoms with Crippen molar-refractivity contribution in [2.24, 2.45) is 5.92 Å². The van der Waals surface area contributed by atoms with Crippen LogP contribution in [-0.2, 0) is 47.0 Å². The van der Waals surface area contributed by atoms with Gasteiger partial charge in [0.25, 0.3) is 15.9 Å². The van der Waals surface area contributed by atoms with Crippen LogP contribution in [0.15, 0.2) is 60.0 Å². The van der Waals surface area contributed by atoms with E-state index in [1.807, 2.05) is 11.9 Å². The number of rotatable bonds is 4. The molecule has 4 N–H and O–H groups in total. The summed E-state index contributed by atoms with van der Waals surface area (Å²) in [4.78, 5) is 74.2. The summed E-state index contributed by atoms with van der Waals surface area (Å²) in [7, 11) is -2.55. The van der Waals surface area contributed by atoms with E-state index < -0.39 is 75.4 Å². The van der Waals surface area contributed by atoms with Crippen LogP contribution in [0, 0.1) is 11.7 Å². The van der Waals surface area contributed by atoms with Crippen LogP contribution in [0.4, 0.5) is 19.7 Å². The zero-order chi connectivity index (χ0) is 41.9. The number of nitrogens with one attached hydrogen (secondary N) is 4. The Labute approximate surface area is 343 Å². The smallest absolute Gasteiger partial charge is 0.410 e. The number of sulfonamides is 1. The highest BCUT2D eigenvalue weighted by molar-refractivity contribution is 7.90. The number of fused-ring (bicyclic) bond motifs is 3. The second kappa shape index (κ2) is 17.6. The second-order valence-corrected chi connectivity index (χ2v) is 17.8. The molecule has 1 spiro atoms. The Morgan fingerprint density at radius 3 is 2.49 bits per heavy atom. The highest BCUT2D eigenvalue weighted by atomic mass is 32.2. The normalized spacial score (nSPS) is 28.0. The number of benzene rings is 2. The molecular weight excluding hydrogens is 786 g/mol. The lowest BCUT2D eigenvalue weighted by Crippen LogP contribution is -2.58. The van der Waals surface area contributed by atoms with Crippen LogP contribution in [0.1, 0.15) is 68.9 Å². The molecule has 2 aromatic rings. The van der Waals surface area contributed by atoms with Gasteiger partial charge in [-0.3, -0.25) is 19.3 Å². The number of carbonyl (C=O) groups is 5. The van der Waals surface area contributed by atoms with Crippen molar-refractivity contribution in [3.63, 3.8) is 0 Å². The molecular formula is C41H52FN7O9S. The summed E-state index contributed by atoms with van der Waals surface area (Å²) in [5.41, 5.74) is -0.387. The molecule has 0 aromatic heterocycles. The maximum atomic E-state index is 14.6. The van der Waals surface area contributed by atoms with Crippen LogP contribution in [0.3, 0.4) is 0 Å². The zero-order valence-electron chi connectivity index (χ0n) is 33.1. The Kier molecular flexibility index (Phi) is 12.5. The lowest BCUT2D eigenvalue weighted by molar-refractivity contribution is -0.141. The van der Waals surface area contributed by atoms with Crippen molar-refractivity contribution < 1.29 is 46.3 Å². The maximum Gasteiger partial charge on any atom is 0.410 e. The zero-order valence-corrected chi connectivity index (χ0v) is 33.9. The molecule has 1 saturated heterocycles. The molecule has 16 nitrogen and oxygen atoms in total. The third-order valence-corrected chi connectivity index (χ3v) is 13.4. The van der Waals surface area contributed by atoms with E-state index in [4.69, 9.17) is 9.47 Å². The maximum absolute atomic E-state index is 14.6. The van der Waals surface area contributed by atoms with Gasteiger partial charge in [0, 0.05) is 37.5 Å². The average Bonchev–Trinajstić information content (AvgIpc) is 3.60. The largest absolute Gasteiger partial charge is 0.446 e. The fourth-order valence-electron chi connectivity index (χ4n) is 8.54. The number of amides is 5. The summed E-state index contributed by atoms with van der Waals surface area (Å²) >= 11 is 0. The van der Waals surface area contributed by atoms with E-state index in [0.29, 0.717) is 62.1 Å². The third kappa shape index (κ3) is 9.33. The minimum Gasteiger partial charge on any atom is -0.446 e. The Balaban J connectivity index is 1.17. The number of para-hydroxylation sites is 1. The molecule has 18 heteroatoms. The van der Waals surface area contributed by atoms with E-state index in [-0.39, 0.29) is 49.9 Å². The van der Waals surface area contributed by atoms with E-state index in [0.717, 1.165) is 12.8 Å². The Morgan fingerprint density at radius 1 is 0.966 bits per heavy atom. The Bertz CT molecular complexity index is 2080. The Morgan fingerprint density at radius 2 is 1.75 bits per heavy atom. The van der Waals surface area contributed by atoms with Gasteiger partial charge < -0.3 is 35.2 Å². The van der Waals surface area contributed by atoms with Crippen molar-refractivity contribution in [2.45, 2.75) is 106 Å². The fraction of sp³-hybridized carbons (Fsp3) is 0.537. The van der Waals surface area contributed by atoms with Crippen LogP contribution >= 0.6 is 0 Å². The number of carbonyl (C=O) groups excluding carboxylic acids is 5. The predicted molar refractivity (Wildman–Crippen MR) is 212 cm³/mol. The minimum atomic E-state index is -4.43. The molecule has 5 atom stereocenters. The molecule has 3 aliphatic heterocycles. The summed E-state index contributed by atoms with van der Waals surface area (Å²) in [6.45, 7) is 5.08. The number of anilines is 1. The lowest BCUT2D eigenvalue weighted by Gasteiger charge is -2.30. The minimum absolute atomic E-state index is 0.0211. The van der Waals surface area contributed by atoms with Crippen molar-refractivity contribution in [1.82, 2.24) is 30.1 Å². The number of alkyl carbamates (subject to hydrolysis) is 1. The monoisotopic (exact) mass is 837 g/mol. The molecule has 2 aliphatic carbocycles. The third-order valence-electron chi connectivity index (χ3n) is 12.0. The number of ether oxygens (including phenoxy) is 2. The van der Waals surface area contributed by atoms with Gasteiger partial charge in [0.2, 0.25) is 11.8 Å². The molecule has 5 amide bonds. The first kappa shape index (κ1) is 41.9. The van der Waals surface area contributed by atoms with E-state index in [1.165, 1.54) is 28.0 Å². The molecule has 0 bridgehead atoms. The van der Waals surface area contributed by atoms with Crippen molar-refractivity contribution in [2.75, 3.05) is 38.5 Å². The molecule has 0 radical (unpaired) electrons. The number of halogens is 1. The van der Waals surface area contributed by atoms with Crippen LogP contribution in [-0.4, -0.2) is 116 Å². The van der Waals surface area contributed by atoms with E-state index in [9.17, 15) is 36.8 Å². The van der Waals surface area contributed by atoms with Crippen molar-refractivity contribution in [1.29, 1.82) is 0 Å². The topological polar surface area (TPSA) is 196 Å². The van der Waals surface area contributed by atoms with E-state index >= 15 is 0 Å². The molecule has 2 saturated carbocycles. The van der Waals surface area contributed by atoms with Crippen molar-refractivity contribution >= 4 is 45.6 Å². The molecule has 318 valence electrons. The number of hydrogen-bond acceptors (Lipinski definition) is 11. The molecule has 59 heavy (non-hydrogen) atoms. The summed E-state index contributed by atoms with van der Waals surface area (Å²) in [6, 6.07) is 8.38. The standard InChI is InChI=1S/C41H52FN7O9S/c1-3-27-22-41(27)38(52)46-59(55,56)35-16-7-6-15-32(35)43-18-8-9-19-47(2)20-17-33(44-39(53)57-28-12-4-5-13-28)37(51)49-24-29(21-34(49)36(50)45-41)58-40(54)48-23-26-11-10-14-31(42)30(26)25-48/h3,6-7,10-11,14-16,27-29,33-34,43H,1,4-5,8-9,12-13,17-25H2,2H3,(H,44,53)(H,45,50)(H,46,52)/t27-,29-,33+,34+,41-/m1/s1. The molecule has 3 heterocycles. The quantitative estimate of drug-likeness (QED) is 0.330. The van der Waals surface area contributed by atoms with E-state index in [2.05, 4.69) is 27.3 Å². The number of hydrogen-bond donors (Lipinski definition) is 4. The molecule has 3 fully saturated rings. The summed E-state index contributed by atoms with van der Waals surface area (Å²) in [5, 5.41) is 8.66. The second-order valence-electron chi connectivity index (χ2n) is 16.2. The molecule has 0 unspecified atom stereocenters. The van der Waals surface area contributed by atoms with Gasteiger partial charge in [-0.25, -0.2) is 27.1 Å². The van der Waals surface area contributed by atoms with Crippen LogP contribution < -0.4 is 20.7 Å². The summed E-state index contributed by atoms with van der Waals surface area (Å²) in [6.07, 6.45) is 3.34. The molecule has 2 aromatic carbocycles. The lowest BCUT2D eigenvalue weighted by atomic mass is 10.1. The van der Waals surface area contributed by atoms with Crippen LogP contribution in [0.2, 0.25) is 0 Å². The van der Waals surface area contributed by atoms with E-state index in [1.54, 1.807) is 30.3 Å². The van der Waals surface area contributed by atoms with Gasteiger partial charge in [-0.05, 0) is 88.7 Å². The average molecular weight is 838 g/mol. The number of nitrogens with zero attached hydrogens (tertiary/aromatic N) is 3. The molecule has 7 rings (SSSR count). The Hall–Kier alpha value is -5.23. The first-order valence-corrected chi connectivity index (χ1v) is 21.8. The van der Waals surface area contributed by atoms with Gasteiger partial charge in [-0.15, -0.1) is 6.58 Å². The van der Waals surface area contributed by atoms with Crippen LogP contribution in [0.25, 0.3) is 0 Å². The van der Waals surface area contributed by atoms with Gasteiger partial charge >= 0.3 is 12.2 Å². The van der Waals surface area contributed by atoms with Gasteiger partial charge in [0.1, 0.15) is 40.5 Å². The summed E-state index contributed by atoms with van der Waals surface area (Å²) < 4.78 is 55.7. The van der Waals surface area contributed by atoms with Crippen molar-refractivity contribution in [3.05, 3.63) is 72.1 Å². The first-order chi connectivity index (χ1) is 28.3. The van der Waals surface area contributed by atoms with Gasteiger partial charge in [0.15, 0.2) is 0 Å². The highest BCUT2D eigenvalue weighted by Gasteiger charge is 2.61. The first-order valence-electron chi connectivity index (χ1n) is 20.3. The van der Waals surface area contributed by atoms with Gasteiger partial charge in [-0.2, -0.15) is 0 Å². The van der Waals surface area contributed by atoms with Gasteiger partial charge in [0.05, 0.1) is 18.8 Å². The molecule has 5 aliphatic rings. The van der Waals surface area contributed by atoms with Gasteiger partial charge in [-0.1, -0.05) is 30.3 Å². The predicted octanol–water partition coefficient (Wildman–Crippen LogP) is 3.38. The van der Waals surface area contributed by atoms with Crippen LogP contribution in [0.5, 0.6) is 0 Å².